The fourth-order valence-corrected chi connectivity index (χ4v) is 5.20. The zero-order valence-corrected chi connectivity index (χ0v) is 15.5. The Morgan fingerprint density at radius 1 is 1.15 bits per heavy atom. The lowest BCUT2D eigenvalue weighted by molar-refractivity contribution is 0.159. The molecule has 0 aliphatic rings. The van der Waals surface area contributed by atoms with Crippen LogP contribution in [0.4, 0.5) is 5.82 Å². The van der Waals surface area contributed by atoms with Gasteiger partial charge in [-0.05, 0) is 0 Å². The van der Waals surface area contributed by atoms with Gasteiger partial charge in [0.05, 0.1) is 12.9 Å². The Morgan fingerprint density at radius 2 is 1.85 bits per heavy atom. The van der Waals surface area contributed by atoms with E-state index in [4.69, 9.17) is 32.7 Å². The Balaban J connectivity index is 1.88. The summed E-state index contributed by atoms with van der Waals surface area (Å²) in [5.41, 5.74) is 6.46. The second-order valence-corrected chi connectivity index (χ2v) is 9.69. The van der Waals surface area contributed by atoms with Crippen molar-refractivity contribution in [2.24, 2.45) is 0 Å². The standard InChI is InChI=1S/C8H13BN5O9P3/c9-24(15,22-26(19,20)23-25(16,17)18)5-21-2-1-14-4-13-6-7(10)11-3-12-8(6)14/h3-4H,1-2,5H2,(H,19,20)(H2,10,11,12)(H2,16,17,18). The van der Waals surface area contributed by atoms with Crippen LogP contribution in [-0.2, 0) is 33.6 Å². The summed E-state index contributed by atoms with van der Waals surface area (Å²) in [7, 11) is -9.86. The molecule has 0 saturated carbocycles. The highest BCUT2D eigenvalue weighted by Gasteiger charge is 2.37. The van der Waals surface area contributed by atoms with E-state index in [1.54, 1.807) is 4.57 Å². The highest BCUT2D eigenvalue weighted by atomic mass is 31.3. The van der Waals surface area contributed by atoms with Crippen LogP contribution in [0.1, 0.15) is 0 Å². The van der Waals surface area contributed by atoms with E-state index in [9.17, 15) is 13.7 Å². The summed E-state index contributed by atoms with van der Waals surface area (Å²) in [6.07, 6.45) is 1.86. The predicted octanol–water partition coefficient (Wildman–Crippen LogP) is -0.0295. The van der Waals surface area contributed by atoms with Crippen molar-refractivity contribution < 1.29 is 41.7 Å². The van der Waals surface area contributed by atoms with E-state index in [0.29, 0.717) is 11.2 Å². The number of ether oxygens (including phenoxy) is 1. The van der Waals surface area contributed by atoms with Crippen molar-refractivity contribution in [2.45, 2.75) is 6.54 Å². The van der Waals surface area contributed by atoms with Gasteiger partial charge >= 0.3 is 15.6 Å². The summed E-state index contributed by atoms with van der Waals surface area (Å²) in [6.45, 7) is 0.109. The maximum Gasteiger partial charge on any atom is 0.486 e. The van der Waals surface area contributed by atoms with Gasteiger partial charge in [-0.1, -0.05) is 0 Å². The molecule has 2 heterocycles. The summed E-state index contributed by atoms with van der Waals surface area (Å²) in [6, 6.07) is 0. The van der Waals surface area contributed by atoms with Crippen LogP contribution in [0.3, 0.4) is 0 Å². The first-order chi connectivity index (χ1) is 11.9. The number of anilines is 1. The summed E-state index contributed by atoms with van der Waals surface area (Å²) < 4.78 is 47.8. The molecular weight excluding hydrogens is 414 g/mol. The topological polar surface area (TPSA) is 209 Å². The van der Waals surface area contributed by atoms with E-state index < -0.39 is 29.2 Å². The van der Waals surface area contributed by atoms with Crippen molar-refractivity contribution >= 4 is 47.4 Å². The molecule has 0 spiro atoms. The Labute approximate surface area is 147 Å². The molecule has 26 heavy (non-hydrogen) atoms. The number of imidazole rings is 1. The monoisotopic (exact) mass is 427 g/mol. The van der Waals surface area contributed by atoms with Gasteiger partial charge in [0.25, 0.3) is 0 Å². The molecule has 18 heteroatoms. The largest absolute Gasteiger partial charge is 0.486 e. The Morgan fingerprint density at radius 3 is 2.50 bits per heavy atom. The van der Waals surface area contributed by atoms with Gasteiger partial charge in [0.2, 0.25) is 7.57 Å². The van der Waals surface area contributed by atoms with Crippen LogP contribution in [0.15, 0.2) is 12.7 Å². The molecule has 2 atom stereocenters. The second kappa shape index (κ2) is 7.85. The normalized spacial score (nSPS) is 17.0. The number of phosphoric acid groups is 2. The van der Waals surface area contributed by atoms with Gasteiger partial charge < -0.3 is 34.3 Å². The minimum Gasteiger partial charge on any atom is -0.382 e. The van der Waals surface area contributed by atoms with Gasteiger partial charge in [-0.3, -0.25) is 0 Å². The van der Waals surface area contributed by atoms with Crippen LogP contribution in [0, 0.1) is 0 Å². The molecule has 2 unspecified atom stereocenters. The number of nitrogens with zero attached hydrogens (tertiary/aromatic N) is 4. The second-order valence-electron chi connectivity index (χ2n) is 4.75. The lowest BCUT2D eigenvalue weighted by atomic mass is 10.5. The Kier molecular flexibility index (Phi) is 6.39. The van der Waals surface area contributed by atoms with Crippen LogP contribution in [-0.4, -0.2) is 54.7 Å². The van der Waals surface area contributed by atoms with Crippen LogP contribution in [0.25, 0.3) is 11.2 Å². The smallest absolute Gasteiger partial charge is 0.382 e. The maximum atomic E-state index is 11.8. The van der Waals surface area contributed by atoms with Crippen molar-refractivity contribution in [3.05, 3.63) is 12.7 Å². The lowest BCUT2D eigenvalue weighted by Gasteiger charge is -2.18. The minimum atomic E-state index is -5.35. The highest BCUT2D eigenvalue weighted by Crippen LogP contribution is 2.65. The molecule has 2 aromatic heterocycles. The molecule has 0 aromatic carbocycles. The molecule has 2 radical (unpaired) electrons. The SMILES string of the molecule is [B]P(=O)(COCCn1cnc2c(N)ncnc21)OP(=O)(O)OP(=O)(O)O. The average Bonchev–Trinajstić information content (AvgIpc) is 2.84. The molecule has 0 fully saturated rings. The number of hydrogen-bond donors (Lipinski definition) is 4. The molecule has 0 aliphatic heterocycles. The molecule has 0 saturated heterocycles. The van der Waals surface area contributed by atoms with Gasteiger partial charge in [-0.15, -0.1) is 0 Å². The number of nitrogen functional groups attached to an aromatic ring is 1. The van der Waals surface area contributed by atoms with E-state index in [0.717, 1.165) is 0 Å². The minimum absolute atomic E-state index is 0.0744. The molecular formula is C8H13BN5O9P3. The van der Waals surface area contributed by atoms with Crippen LogP contribution in [0.5, 0.6) is 0 Å². The van der Waals surface area contributed by atoms with Crippen molar-refractivity contribution in [1.29, 1.82) is 0 Å². The molecule has 0 amide bonds. The number of rotatable bonds is 9. The highest BCUT2D eigenvalue weighted by molar-refractivity contribution is 7.87. The fourth-order valence-electron chi connectivity index (χ4n) is 1.76. The zero-order valence-electron chi connectivity index (χ0n) is 12.9. The van der Waals surface area contributed by atoms with Crippen molar-refractivity contribution in [2.75, 3.05) is 18.7 Å². The van der Waals surface area contributed by atoms with Crippen LogP contribution >= 0.6 is 22.9 Å². The quantitative estimate of drug-likeness (QED) is 0.236. The maximum absolute atomic E-state index is 11.8. The van der Waals surface area contributed by atoms with E-state index in [2.05, 4.69) is 23.6 Å². The van der Waals surface area contributed by atoms with E-state index in [-0.39, 0.29) is 19.0 Å². The first-order valence-electron chi connectivity index (χ1n) is 6.56. The first-order valence-corrected chi connectivity index (χ1v) is 11.5. The first kappa shape index (κ1) is 21.2. The van der Waals surface area contributed by atoms with Crippen molar-refractivity contribution in [3.8, 4) is 0 Å². The van der Waals surface area contributed by atoms with E-state index in [1.807, 2.05) is 0 Å². The average molecular weight is 427 g/mol. The molecule has 2 rings (SSSR count). The molecule has 142 valence electrons. The van der Waals surface area contributed by atoms with Crippen LogP contribution < -0.4 is 5.73 Å². The molecule has 14 nitrogen and oxygen atoms in total. The Hall–Kier alpha value is -1.14. The third-order valence-electron chi connectivity index (χ3n) is 2.63. The van der Waals surface area contributed by atoms with Crippen molar-refractivity contribution in [1.82, 2.24) is 19.5 Å². The fraction of sp³-hybridized carbons (Fsp3) is 0.375. The third kappa shape index (κ3) is 6.24. The van der Waals surface area contributed by atoms with Gasteiger partial charge in [0.15, 0.2) is 18.7 Å². The summed E-state index contributed by atoms with van der Waals surface area (Å²) >= 11 is 0. The summed E-state index contributed by atoms with van der Waals surface area (Å²) in [5.74, 6) is 0.193. The number of hydrogen-bond acceptors (Lipinski definition) is 10. The van der Waals surface area contributed by atoms with Gasteiger partial charge in [-0.25, -0.2) is 28.4 Å². The summed E-state index contributed by atoms with van der Waals surface area (Å²) in [4.78, 5) is 37.8. The van der Waals surface area contributed by atoms with Crippen LogP contribution in [0.2, 0.25) is 0 Å². The Bertz CT molecular complexity index is 931. The number of fused-ring (bicyclic) bond motifs is 1. The lowest BCUT2D eigenvalue weighted by Crippen LogP contribution is -2.08. The molecule has 2 aromatic rings. The van der Waals surface area contributed by atoms with Crippen molar-refractivity contribution in [3.63, 3.8) is 0 Å². The predicted molar refractivity (Wildman–Crippen MR) is 88.0 cm³/mol. The van der Waals surface area contributed by atoms with Gasteiger partial charge in [-0.2, -0.15) is 4.31 Å². The molecule has 5 N–H and O–H groups in total. The third-order valence-corrected chi connectivity index (χ3v) is 6.78. The molecule has 0 bridgehead atoms. The van der Waals surface area contributed by atoms with E-state index in [1.165, 1.54) is 12.7 Å². The van der Waals surface area contributed by atoms with E-state index >= 15 is 0 Å². The molecule has 0 aliphatic carbocycles. The van der Waals surface area contributed by atoms with Gasteiger partial charge in [0.1, 0.15) is 18.2 Å². The summed E-state index contributed by atoms with van der Waals surface area (Å²) in [5, 5.41) is 0. The van der Waals surface area contributed by atoms with Gasteiger partial charge in [0, 0.05) is 6.54 Å². The number of nitrogens with two attached hydrogens (primary N) is 1. The number of aromatic nitrogens is 4. The zero-order chi connectivity index (χ0) is 19.6.